The number of rotatable bonds is 1. The van der Waals surface area contributed by atoms with Crippen molar-refractivity contribution in [3.63, 3.8) is 0 Å². The quantitative estimate of drug-likeness (QED) is 0.837. The monoisotopic (exact) mass is 273 g/mol. The van der Waals surface area contributed by atoms with E-state index in [1.165, 1.54) is 6.20 Å². The molecule has 0 unspecified atom stereocenters. The third kappa shape index (κ3) is 2.09. The van der Waals surface area contributed by atoms with Gasteiger partial charge in [0, 0.05) is 17.3 Å². The Labute approximate surface area is 107 Å². The Hall–Kier alpha value is -0.960. The summed E-state index contributed by atoms with van der Waals surface area (Å²) in [6.07, 6.45) is 1.42. The highest BCUT2D eigenvalue weighted by Crippen LogP contribution is 2.32. The van der Waals surface area contributed by atoms with Crippen LogP contribution in [0.15, 0.2) is 35.3 Å². The highest BCUT2D eigenvalue weighted by Gasteiger charge is 2.10. The van der Waals surface area contributed by atoms with Crippen molar-refractivity contribution in [2.45, 2.75) is 0 Å². The van der Waals surface area contributed by atoms with Gasteiger partial charge >= 0.3 is 0 Å². The van der Waals surface area contributed by atoms with E-state index in [9.17, 15) is 4.79 Å². The number of hydrogen-bond donors (Lipinski definition) is 1. The number of halogens is 3. The van der Waals surface area contributed by atoms with Gasteiger partial charge in [0.1, 0.15) is 0 Å². The summed E-state index contributed by atoms with van der Waals surface area (Å²) in [7, 11) is 0. The molecule has 0 fully saturated rings. The number of pyridine rings is 1. The Balaban J connectivity index is 2.72. The molecule has 0 radical (unpaired) electrons. The van der Waals surface area contributed by atoms with Crippen LogP contribution in [0.1, 0.15) is 0 Å². The van der Waals surface area contributed by atoms with Crippen molar-refractivity contribution in [1.82, 2.24) is 4.98 Å². The number of hydrogen-bond acceptors (Lipinski definition) is 1. The van der Waals surface area contributed by atoms with Gasteiger partial charge in [-0.15, -0.1) is 0 Å². The molecule has 0 aliphatic heterocycles. The lowest BCUT2D eigenvalue weighted by Gasteiger charge is -2.05. The van der Waals surface area contributed by atoms with Crippen molar-refractivity contribution in [3.8, 4) is 11.1 Å². The van der Waals surface area contributed by atoms with Crippen LogP contribution >= 0.6 is 34.8 Å². The fourth-order valence-corrected chi connectivity index (χ4v) is 1.94. The van der Waals surface area contributed by atoms with E-state index in [-0.39, 0.29) is 5.56 Å². The van der Waals surface area contributed by atoms with E-state index < -0.39 is 0 Å². The van der Waals surface area contributed by atoms with Gasteiger partial charge in [0.15, 0.2) is 0 Å². The zero-order valence-electron chi connectivity index (χ0n) is 7.93. The maximum absolute atomic E-state index is 11.6. The zero-order valence-corrected chi connectivity index (χ0v) is 10.2. The van der Waals surface area contributed by atoms with Crippen LogP contribution < -0.4 is 5.56 Å². The number of aromatic amines is 1. The second-order valence-electron chi connectivity index (χ2n) is 3.16. The molecule has 1 heterocycles. The lowest BCUT2D eigenvalue weighted by molar-refractivity contribution is 1.24. The molecule has 16 heavy (non-hydrogen) atoms. The lowest BCUT2D eigenvalue weighted by atomic mass is 10.1. The first-order valence-electron chi connectivity index (χ1n) is 4.42. The largest absolute Gasteiger partial charge is 0.327 e. The Morgan fingerprint density at radius 2 is 1.81 bits per heavy atom. The fraction of sp³-hybridized carbons (Fsp3) is 0. The van der Waals surface area contributed by atoms with E-state index >= 15 is 0 Å². The van der Waals surface area contributed by atoms with Crippen molar-refractivity contribution >= 4 is 34.8 Å². The van der Waals surface area contributed by atoms with Crippen LogP contribution in [-0.2, 0) is 0 Å². The molecule has 0 amide bonds. The minimum Gasteiger partial charge on any atom is -0.327 e. The van der Waals surface area contributed by atoms with Gasteiger partial charge in [0.25, 0.3) is 5.56 Å². The molecule has 82 valence electrons. The lowest BCUT2D eigenvalue weighted by Crippen LogP contribution is -2.07. The third-order valence-electron chi connectivity index (χ3n) is 2.11. The summed E-state index contributed by atoms with van der Waals surface area (Å²) in [6.45, 7) is 0. The average Bonchev–Trinajstić information content (AvgIpc) is 2.26. The first kappa shape index (κ1) is 11.5. The molecule has 0 spiro atoms. The van der Waals surface area contributed by atoms with Gasteiger partial charge in [-0.3, -0.25) is 4.79 Å². The number of benzene rings is 1. The molecule has 0 saturated carbocycles. The maximum Gasteiger partial charge on any atom is 0.255 e. The van der Waals surface area contributed by atoms with Crippen molar-refractivity contribution < 1.29 is 0 Å². The molecular formula is C11H6Cl3NO. The molecule has 1 N–H and O–H groups in total. The van der Waals surface area contributed by atoms with Crippen LogP contribution in [0.2, 0.25) is 15.1 Å². The van der Waals surface area contributed by atoms with Crippen LogP contribution in [-0.4, -0.2) is 4.98 Å². The normalized spacial score (nSPS) is 10.4. The molecule has 0 aliphatic carbocycles. The maximum atomic E-state index is 11.6. The van der Waals surface area contributed by atoms with Crippen LogP contribution in [0.4, 0.5) is 0 Å². The molecule has 5 heteroatoms. The van der Waals surface area contributed by atoms with Crippen LogP contribution in [0.25, 0.3) is 11.1 Å². The van der Waals surface area contributed by atoms with Crippen LogP contribution in [0.5, 0.6) is 0 Å². The standard InChI is InChI=1S/C11H6Cl3NO/c12-6-4-8(11(16)15-5-6)7-2-1-3-9(13)10(7)14/h1-5H,(H,15,16). The molecule has 2 nitrogen and oxygen atoms in total. The summed E-state index contributed by atoms with van der Waals surface area (Å²) in [4.78, 5) is 14.1. The van der Waals surface area contributed by atoms with E-state index in [1.807, 2.05) is 0 Å². The summed E-state index contributed by atoms with van der Waals surface area (Å²) in [6, 6.07) is 6.66. The smallest absolute Gasteiger partial charge is 0.255 e. The second-order valence-corrected chi connectivity index (χ2v) is 4.38. The summed E-state index contributed by atoms with van der Waals surface area (Å²) in [5.41, 5.74) is 0.714. The van der Waals surface area contributed by atoms with E-state index in [1.54, 1.807) is 24.3 Å². The summed E-state index contributed by atoms with van der Waals surface area (Å²) < 4.78 is 0. The van der Waals surface area contributed by atoms with Gasteiger partial charge in [-0.1, -0.05) is 46.9 Å². The molecule has 1 aromatic carbocycles. The van der Waals surface area contributed by atoms with Crippen molar-refractivity contribution in [2.24, 2.45) is 0 Å². The van der Waals surface area contributed by atoms with E-state index in [4.69, 9.17) is 34.8 Å². The van der Waals surface area contributed by atoms with Gasteiger partial charge in [-0.25, -0.2) is 0 Å². The Morgan fingerprint density at radius 1 is 1.06 bits per heavy atom. The Bertz CT molecular complexity index is 592. The Kier molecular flexibility index (Phi) is 3.24. The molecule has 0 bridgehead atoms. The molecule has 0 aliphatic rings. The topological polar surface area (TPSA) is 32.9 Å². The Morgan fingerprint density at radius 3 is 2.56 bits per heavy atom. The summed E-state index contributed by atoms with van der Waals surface area (Å²) in [5.74, 6) is 0. The predicted octanol–water partition coefficient (Wildman–Crippen LogP) is 4.00. The van der Waals surface area contributed by atoms with E-state index in [0.717, 1.165) is 0 Å². The number of nitrogens with one attached hydrogen (secondary N) is 1. The second kappa shape index (κ2) is 4.50. The van der Waals surface area contributed by atoms with Crippen molar-refractivity contribution in [2.75, 3.05) is 0 Å². The predicted molar refractivity (Wildman–Crippen MR) is 67.5 cm³/mol. The zero-order chi connectivity index (χ0) is 11.7. The van der Waals surface area contributed by atoms with Gasteiger partial charge < -0.3 is 4.98 Å². The fourth-order valence-electron chi connectivity index (χ4n) is 1.37. The summed E-state index contributed by atoms with van der Waals surface area (Å²) >= 11 is 17.7. The molecule has 0 atom stereocenters. The van der Waals surface area contributed by atoms with Gasteiger partial charge in [-0.2, -0.15) is 0 Å². The highest BCUT2D eigenvalue weighted by atomic mass is 35.5. The minimum atomic E-state index is -0.256. The SMILES string of the molecule is O=c1[nH]cc(Cl)cc1-c1cccc(Cl)c1Cl. The number of aromatic nitrogens is 1. The molecular weight excluding hydrogens is 268 g/mol. The average molecular weight is 275 g/mol. The van der Waals surface area contributed by atoms with Crippen molar-refractivity contribution in [3.05, 3.63) is 55.9 Å². The minimum absolute atomic E-state index is 0.256. The number of H-pyrrole nitrogens is 1. The molecule has 1 aromatic heterocycles. The van der Waals surface area contributed by atoms with Gasteiger partial charge in [-0.05, 0) is 12.1 Å². The van der Waals surface area contributed by atoms with E-state index in [2.05, 4.69) is 4.98 Å². The van der Waals surface area contributed by atoms with Gasteiger partial charge in [0.2, 0.25) is 0 Å². The van der Waals surface area contributed by atoms with Gasteiger partial charge in [0.05, 0.1) is 15.1 Å². The first-order valence-corrected chi connectivity index (χ1v) is 5.55. The van der Waals surface area contributed by atoms with Crippen molar-refractivity contribution in [1.29, 1.82) is 0 Å². The first-order chi connectivity index (χ1) is 7.59. The molecule has 2 rings (SSSR count). The third-order valence-corrected chi connectivity index (χ3v) is 3.15. The molecule has 0 saturated heterocycles. The van der Waals surface area contributed by atoms with Crippen LogP contribution in [0, 0.1) is 0 Å². The van der Waals surface area contributed by atoms with Crippen LogP contribution in [0.3, 0.4) is 0 Å². The molecule has 2 aromatic rings. The highest BCUT2D eigenvalue weighted by molar-refractivity contribution is 6.43. The summed E-state index contributed by atoms with van der Waals surface area (Å²) in [5, 5.41) is 1.18. The van der Waals surface area contributed by atoms with E-state index in [0.29, 0.717) is 26.2 Å².